The van der Waals surface area contributed by atoms with Crippen LogP contribution in [0.3, 0.4) is 0 Å². The summed E-state index contributed by atoms with van der Waals surface area (Å²) in [6, 6.07) is 15.0. The summed E-state index contributed by atoms with van der Waals surface area (Å²) in [5, 5.41) is 3.58. The number of hydrogen-bond acceptors (Lipinski definition) is 4. The normalized spacial score (nSPS) is 20.2. The molecule has 29 heavy (non-hydrogen) atoms. The van der Waals surface area contributed by atoms with Gasteiger partial charge in [-0.3, -0.25) is 9.59 Å². The zero-order valence-corrected chi connectivity index (χ0v) is 17.2. The molecule has 0 spiro atoms. The van der Waals surface area contributed by atoms with E-state index in [1.54, 1.807) is 29.2 Å². The highest BCUT2D eigenvalue weighted by atomic mass is 35.5. The van der Waals surface area contributed by atoms with Crippen LogP contribution in [0.15, 0.2) is 48.5 Å². The molecule has 2 aromatic rings. The molecule has 0 aromatic heterocycles. The maximum atomic E-state index is 12.7. The van der Waals surface area contributed by atoms with E-state index in [9.17, 15) is 9.59 Å². The van der Waals surface area contributed by atoms with Crippen LogP contribution in [0.1, 0.15) is 6.42 Å². The Balaban J connectivity index is 1.35. The number of carbonyl (C=O) groups excluding carboxylic acids is 2. The monoisotopic (exact) mass is 412 g/mol. The molecule has 1 N–H and O–H groups in total. The van der Waals surface area contributed by atoms with Crippen molar-refractivity contribution in [3.05, 3.63) is 53.6 Å². The van der Waals surface area contributed by atoms with Crippen LogP contribution in [0.2, 0.25) is 5.02 Å². The number of hydrogen-bond donors (Lipinski definition) is 1. The number of likely N-dealkylation sites (N-methyl/N-ethyl adjacent to an activating group) is 1. The van der Waals surface area contributed by atoms with Gasteiger partial charge in [0.15, 0.2) is 0 Å². The van der Waals surface area contributed by atoms with Gasteiger partial charge in [0.1, 0.15) is 0 Å². The van der Waals surface area contributed by atoms with Crippen molar-refractivity contribution in [2.24, 2.45) is 5.92 Å². The van der Waals surface area contributed by atoms with Gasteiger partial charge in [0.05, 0.1) is 5.92 Å². The molecule has 1 unspecified atom stereocenters. The van der Waals surface area contributed by atoms with Gasteiger partial charge in [-0.2, -0.15) is 0 Å². The van der Waals surface area contributed by atoms with E-state index in [0.29, 0.717) is 11.6 Å². The Morgan fingerprint density at radius 1 is 0.966 bits per heavy atom. The summed E-state index contributed by atoms with van der Waals surface area (Å²) >= 11 is 5.92. The molecule has 4 rings (SSSR count). The van der Waals surface area contributed by atoms with Crippen LogP contribution in [0, 0.1) is 5.92 Å². The lowest BCUT2D eigenvalue weighted by atomic mass is 10.1. The van der Waals surface area contributed by atoms with Crippen molar-refractivity contribution in [3.8, 4) is 0 Å². The van der Waals surface area contributed by atoms with E-state index in [1.165, 1.54) is 5.69 Å². The summed E-state index contributed by atoms with van der Waals surface area (Å²) in [5.74, 6) is -0.532. The molecule has 6 nitrogen and oxygen atoms in total. The first-order valence-corrected chi connectivity index (χ1v) is 10.3. The summed E-state index contributed by atoms with van der Waals surface area (Å²) < 4.78 is 0. The Morgan fingerprint density at radius 2 is 1.59 bits per heavy atom. The third kappa shape index (κ3) is 4.54. The largest absolute Gasteiger partial charge is 0.369 e. The zero-order valence-electron chi connectivity index (χ0n) is 16.5. The number of anilines is 3. The van der Waals surface area contributed by atoms with Crippen LogP contribution in [0.4, 0.5) is 17.1 Å². The van der Waals surface area contributed by atoms with Gasteiger partial charge in [0.2, 0.25) is 11.8 Å². The van der Waals surface area contributed by atoms with E-state index < -0.39 is 0 Å². The van der Waals surface area contributed by atoms with E-state index in [4.69, 9.17) is 11.6 Å². The van der Waals surface area contributed by atoms with Gasteiger partial charge in [0.25, 0.3) is 0 Å². The number of halogens is 1. The quantitative estimate of drug-likeness (QED) is 0.838. The number of nitrogens with zero attached hydrogens (tertiary/aromatic N) is 3. The van der Waals surface area contributed by atoms with Gasteiger partial charge in [-0.05, 0) is 55.6 Å². The molecule has 0 saturated carbocycles. The van der Waals surface area contributed by atoms with Crippen LogP contribution in [0.5, 0.6) is 0 Å². The maximum Gasteiger partial charge on any atom is 0.229 e. The summed E-state index contributed by atoms with van der Waals surface area (Å²) in [6.07, 6.45) is 0.216. The Bertz CT molecular complexity index is 877. The van der Waals surface area contributed by atoms with E-state index in [-0.39, 0.29) is 24.2 Å². The Kier molecular flexibility index (Phi) is 5.74. The third-order valence-electron chi connectivity index (χ3n) is 5.64. The Labute approximate surface area is 176 Å². The number of amides is 2. The lowest BCUT2D eigenvalue weighted by Crippen LogP contribution is -2.44. The highest BCUT2D eigenvalue weighted by Crippen LogP contribution is 2.27. The molecule has 2 saturated heterocycles. The van der Waals surface area contributed by atoms with Crippen molar-refractivity contribution in [2.45, 2.75) is 6.42 Å². The summed E-state index contributed by atoms with van der Waals surface area (Å²) in [7, 11) is 2.14. The van der Waals surface area contributed by atoms with Crippen LogP contribution < -0.4 is 15.1 Å². The Morgan fingerprint density at radius 3 is 2.24 bits per heavy atom. The molecule has 1 atom stereocenters. The van der Waals surface area contributed by atoms with Gasteiger partial charge < -0.3 is 20.0 Å². The molecule has 2 fully saturated rings. The van der Waals surface area contributed by atoms with Crippen LogP contribution >= 0.6 is 11.6 Å². The molecular formula is C22H25ClN4O2. The predicted molar refractivity (Wildman–Crippen MR) is 117 cm³/mol. The highest BCUT2D eigenvalue weighted by Gasteiger charge is 2.35. The van der Waals surface area contributed by atoms with Crippen molar-refractivity contribution in [2.75, 3.05) is 54.9 Å². The lowest BCUT2D eigenvalue weighted by molar-refractivity contribution is -0.122. The number of nitrogens with one attached hydrogen (secondary N) is 1. The Hall–Kier alpha value is -2.57. The number of carbonyl (C=O) groups is 2. The minimum Gasteiger partial charge on any atom is -0.369 e. The van der Waals surface area contributed by atoms with E-state index >= 15 is 0 Å². The van der Waals surface area contributed by atoms with E-state index in [0.717, 1.165) is 37.6 Å². The molecular weight excluding hydrogens is 388 g/mol. The van der Waals surface area contributed by atoms with Crippen LogP contribution in [0.25, 0.3) is 0 Å². The molecule has 0 aliphatic carbocycles. The second-order valence-corrected chi connectivity index (χ2v) is 8.14. The van der Waals surface area contributed by atoms with Crippen LogP contribution in [-0.4, -0.2) is 56.5 Å². The van der Waals surface area contributed by atoms with Crippen molar-refractivity contribution in [3.63, 3.8) is 0 Å². The first-order valence-electron chi connectivity index (χ1n) is 9.90. The third-order valence-corrected chi connectivity index (χ3v) is 5.89. The fourth-order valence-corrected chi connectivity index (χ4v) is 3.94. The number of benzene rings is 2. The minimum atomic E-state index is -0.365. The van der Waals surface area contributed by atoms with Crippen molar-refractivity contribution in [1.29, 1.82) is 0 Å². The molecule has 2 amide bonds. The smallest absolute Gasteiger partial charge is 0.229 e. The molecule has 0 bridgehead atoms. The first kappa shape index (κ1) is 19.7. The van der Waals surface area contributed by atoms with Crippen molar-refractivity contribution < 1.29 is 9.59 Å². The highest BCUT2D eigenvalue weighted by molar-refractivity contribution is 6.30. The predicted octanol–water partition coefficient (Wildman–Crippen LogP) is 3.08. The standard InChI is InChI=1S/C22H25ClN4O2/c1-25-10-12-26(13-11-25)19-8-4-18(5-9-19)24-22(29)16-14-21(28)27(15-16)20-6-2-17(23)3-7-20/h2-9,16H,10-15H2,1H3,(H,24,29). The lowest BCUT2D eigenvalue weighted by Gasteiger charge is -2.34. The molecule has 2 aromatic carbocycles. The van der Waals surface area contributed by atoms with E-state index in [1.807, 2.05) is 24.3 Å². The average Bonchev–Trinajstić information content (AvgIpc) is 3.12. The molecule has 2 aliphatic rings. The summed E-state index contributed by atoms with van der Waals surface area (Å²) in [5.41, 5.74) is 2.69. The van der Waals surface area contributed by atoms with Gasteiger partial charge in [0, 0.05) is 61.2 Å². The van der Waals surface area contributed by atoms with Gasteiger partial charge in [-0.25, -0.2) is 0 Å². The average molecular weight is 413 g/mol. The topological polar surface area (TPSA) is 55.9 Å². The van der Waals surface area contributed by atoms with Gasteiger partial charge >= 0.3 is 0 Å². The fourth-order valence-electron chi connectivity index (χ4n) is 3.82. The molecule has 2 heterocycles. The second-order valence-electron chi connectivity index (χ2n) is 7.71. The molecule has 2 aliphatic heterocycles. The molecule has 7 heteroatoms. The maximum absolute atomic E-state index is 12.7. The molecule has 0 radical (unpaired) electrons. The first-order chi connectivity index (χ1) is 14.0. The zero-order chi connectivity index (χ0) is 20.4. The van der Waals surface area contributed by atoms with Gasteiger partial charge in [-0.15, -0.1) is 0 Å². The number of piperazine rings is 1. The second kappa shape index (κ2) is 8.43. The minimum absolute atomic E-state index is 0.0436. The number of rotatable bonds is 4. The van der Waals surface area contributed by atoms with Crippen LogP contribution in [-0.2, 0) is 9.59 Å². The SMILES string of the molecule is CN1CCN(c2ccc(NC(=O)C3CC(=O)N(c4ccc(Cl)cc4)C3)cc2)CC1. The summed E-state index contributed by atoms with van der Waals surface area (Å²) in [4.78, 5) is 31.4. The molecule has 152 valence electrons. The van der Waals surface area contributed by atoms with Crippen molar-refractivity contribution >= 4 is 40.5 Å². The fraction of sp³-hybridized carbons (Fsp3) is 0.364. The summed E-state index contributed by atoms with van der Waals surface area (Å²) in [6.45, 7) is 4.50. The van der Waals surface area contributed by atoms with Gasteiger partial charge in [-0.1, -0.05) is 11.6 Å². The van der Waals surface area contributed by atoms with Crippen molar-refractivity contribution in [1.82, 2.24) is 4.90 Å². The van der Waals surface area contributed by atoms with E-state index in [2.05, 4.69) is 22.2 Å².